The molecular weight excluding hydrogens is 250 g/mol. The molecule has 0 unspecified atom stereocenters. The van der Waals surface area contributed by atoms with Gasteiger partial charge in [-0.2, -0.15) is 0 Å². The van der Waals surface area contributed by atoms with Gasteiger partial charge in [0.1, 0.15) is 5.75 Å². The molecule has 2 rings (SSSR count). The summed E-state index contributed by atoms with van der Waals surface area (Å²) < 4.78 is 7.18. The van der Waals surface area contributed by atoms with Crippen molar-refractivity contribution in [3.63, 3.8) is 0 Å². The highest BCUT2D eigenvalue weighted by molar-refractivity contribution is 6.04. The summed E-state index contributed by atoms with van der Waals surface area (Å²) in [4.78, 5) is 11.8. The van der Waals surface area contributed by atoms with Crippen molar-refractivity contribution in [1.82, 2.24) is 4.57 Å². The van der Waals surface area contributed by atoms with Crippen molar-refractivity contribution in [3.8, 4) is 5.75 Å². The Morgan fingerprint density at radius 1 is 1.10 bits per heavy atom. The van der Waals surface area contributed by atoms with Crippen LogP contribution in [0.25, 0.3) is 12.2 Å². The monoisotopic (exact) mass is 267 g/mol. The minimum absolute atomic E-state index is 0.0582. The van der Waals surface area contributed by atoms with Gasteiger partial charge in [0, 0.05) is 24.5 Å². The second kappa shape index (κ2) is 6.57. The average Bonchev–Trinajstić information content (AvgIpc) is 2.88. The first kappa shape index (κ1) is 13.9. The number of carbonyl (C=O) groups is 1. The summed E-state index contributed by atoms with van der Waals surface area (Å²) in [5.74, 6) is 0.695. The Bertz CT molecular complexity index is 651. The third kappa shape index (κ3) is 3.48. The summed E-state index contributed by atoms with van der Waals surface area (Å²) in [5, 5.41) is 0. The Labute approximate surface area is 118 Å². The fourth-order valence-electron chi connectivity index (χ4n) is 1.85. The number of hydrogen-bond donors (Lipinski definition) is 0. The Hall–Kier alpha value is -2.55. The second-order valence-electron chi connectivity index (χ2n) is 4.35. The van der Waals surface area contributed by atoms with E-state index in [1.54, 1.807) is 25.3 Å². The van der Waals surface area contributed by atoms with Crippen molar-refractivity contribution >= 4 is 17.9 Å². The molecule has 0 fully saturated rings. The van der Waals surface area contributed by atoms with Crippen LogP contribution in [0.4, 0.5) is 0 Å². The van der Waals surface area contributed by atoms with Crippen molar-refractivity contribution in [2.24, 2.45) is 7.05 Å². The van der Waals surface area contributed by atoms with Crippen molar-refractivity contribution < 1.29 is 9.53 Å². The molecule has 0 spiro atoms. The van der Waals surface area contributed by atoms with E-state index in [9.17, 15) is 4.79 Å². The van der Waals surface area contributed by atoms with E-state index in [0.717, 1.165) is 17.0 Å². The molecule has 0 amide bonds. The van der Waals surface area contributed by atoms with Gasteiger partial charge in [0.25, 0.3) is 0 Å². The lowest BCUT2D eigenvalue weighted by Gasteiger charge is -2.02. The number of aryl methyl sites for hydroxylation is 1. The van der Waals surface area contributed by atoms with Crippen LogP contribution in [-0.2, 0) is 11.8 Å². The van der Waals surface area contributed by atoms with Crippen molar-refractivity contribution in [1.29, 1.82) is 0 Å². The molecule has 0 aliphatic heterocycles. The van der Waals surface area contributed by atoms with Crippen LogP contribution in [0.15, 0.2) is 54.7 Å². The minimum Gasteiger partial charge on any atom is -0.496 e. The standard InChI is InChI=1S/C17H17NO2/c1-18-13-5-7-15(18)10-12-16(19)11-9-14-6-3-4-8-17(14)20-2/h3-13H,1-2H3/b11-9+,12-10+. The SMILES string of the molecule is COc1ccccc1/C=C/C(=O)/C=C/c1cccn1C. The van der Waals surface area contributed by atoms with E-state index in [2.05, 4.69) is 0 Å². The van der Waals surface area contributed by atoms with Crippen LogP contribution in [-0.4, -0.2) is 17.5 Å². The van der Waals surface area contributed by atoms with Gasteiger partial charge < -0.3 is 9.30 Å². The summed E-state index contributed by atoms with van der Waals surface area (Å²) in [6.07, 6.45) is 8.60. The zero-order valence-electron chi connectivity index (χ0n) is 11.6. The smallest absolute Gasteiger partial charge is 0.178 e. The van der Waals surface area contributed by atoms with Gasteiger partial charge in [0.15, 0.2) is 5.78 Å². The first-order chi connectivity index (χ1) is 9.70. The van der Waals surface area contributed by atoms with Gasteiger partial charge in [0.2, 0.25) is 0 Å². The molecule has 0 saturated heterocycles. The Kier molecular flexibility index (Phi) is 4.56. The fraction of sp³-hybridized carbons (Fsp3) is 0.118. The van der Waals surface area contributed by atoms with E-state index in [1.807, 2.05) is 54.2 Å². The number of rotatable bonds is 5. The summed E-state index contributed by atoms with van der Waals surface area (Å²) in [5.41, 5.74) is 1.87. The summed E-state index contributed by atoms with van der Waals surface area (Å²) in [6, 6.07) is 11.5. The van der Waals surface area contributed by atoms with E-state index in [-0.39, 0.29) is 5.78 Å². The zero-order chi connectivity index (χ0) is 14.4. The van der Waals surface area contributed by atoms with Gasteiger partial charge in [-0.3, -0.25) is 4.79 Å². The van der Waals surface area contributed by atoms with E-state index in [0.29, 0.717) is 0 Å². The van der Waals surface area contributed by atoms with Crippen LogP contribution in [0.1, 0.15) is 11.3 Å². The van der Waals surface area contributed by atoms with Crippen LogP contribution >= 0.6 is 0 Å². The molecule has 0 atom stereocenters. The zero-order valence-corrected chi connectivity index (χ0v) is 11.6. The number of allylic oxidation sites excluding steroid dienone is 2. The second-order valence-corrected chi connectivity index (χ2v) is 4.35. The number of aromatic nitrogens is 1. The number of ether oxygens (including phenoxy) is 1. The molecule has 2 aromatic rings. The van der Waals surface area contributed by atoms with Crippen LogP contribution in [0.5, 0.6) is 5.75 Å². The molecule has 20 heavy (non-hydrogen) atoms. The van der Waals surface area contributed by atoms with Crippen molar-refractivity contribution in [3.05, 3.63) is 66.0 Å². The first-order valence-corrected chi connectivity index (χ1v) is 6.35. The fourth-order valence-corrected chi connectivity index (χ4v) is 1.85. The maximum Gasteiger partial charge on any atom is 0.178 e. The van der Waals surface area contributed by atoms with Gasteiger partial charge in [-0.05, 0) is 42.5 Å². The maximum atomic E-state index is 11.8. The molecule has 3 nitrogen and oxygen atoms in total. The number of ketones is 1. The summed E-state index contributed by atoms with van der Waals surface area (Å²) >= 11 is 0. The predicted molar refractivity (Wildman–Crippen MR) is 81.5 cm³/mol. The summed E-state index contributed by atoms with van der Waals surface area (Å²) in [6.45, 7) is 0. The molecular formula is C17H17NO2. The number of benzene rings is 1. The highest BCUT2D eigenvalue weighted by Crippen LogP contribution is 2.18. The molecule has 1 aromatic carbocycles. The van der Waals surface area contributed by atoms with Crippen LogP contribution in [0.3, 0.4) is 0 Å². The van der Waals surface area contributed by atoms with Gasteiger partial charge in [-0.15, -0.1) is 0 Å². The average molecular weight is 267 g/mol. The lowest BCUT2D eigenvalue weighted by Crippen LogP contribution is -1.90. The highest BCUT2D eigenvalue weighted by Gasteiger charge is 1.98. The van der Waals surface area contributed by atoms with Crippen molar-refractivity contribution in [2.45, 2.75) is 0 Å². The molecule has 0 aliphatic carbocycles. The molecule has 1 heterocycles. The van der Waals surface area contributed by atoms with Crippen LogP contribution in [0.2, 0.25) is 0 Å². The van der Waals surface area contributed by atoms with Gasteiger partial charge in [-0.25, -0.2) is 0 Å². The molecule has 0 radical (unpaired) electrons. The largest absolute Gasteiger partial charge is 0.496 e. The number of nitrogens with zero attached hydrogens (tertiary/aromatic N) is 1. The third-order valence-corrected chi connectivity index (χ3v) is 2.97. The predicted octanol–water partition coefficient (Wildman–Crippen LogP) is 3.33. The Morgan fingerprint density at radius 3 is 2.55 bits per heavy atom. The Morgan fingerprint density at radius 2 is 1.85 bits per heavy atom. The molecule has 0 aliphatic rings. The molecule has 0 N–H and O–H groups in total. The van der Waals surface area contributed by atoms with Gasteiger partial charge >= 0.3 is 0 Å². The molecule has 0 saturated carbocycles. The number of para-hydroxylation sites is 1. The quantitative estimate of drug-likeness (QED) is 0.778. The van der Waals surface area contributed by atoms with Crippen LogP contribution in [0, 0.1) is 0 Å². The number of hydrogen-bond acceptors (Lipinski definition) is 2. The molecule has 1 aromatic heterocycles. The Balaban J connectivity index is 2.06. The molecule has 102 valence electrons. The lowest BCUT2D eigenvalue weighted by molar-refractivity contribution is -0.110. The van der Waals surface area contributed by atoms with E-state index in [1.165, 1.54) is 6.08 Å². The van der Waals surface area contributed by atoms with Crippen molar-refractivity contribution in [2.75, 3.05) is 7.11 Å². The van der Waals surface area contributed by atoms with E-state index in [4.69, 9.17) is 4.74 Å². The normalized spacial score (nSPS) is 11.3. The van der Waals surface area contributed by atoms with E-state index < -0.39 is 0 Å². The van der Waals surface area contributed by atoms with Crippen LogP contribution < -0.4 is 4.74 Å². The van der Waals surface area contributed by atoms with E-state index >= 15 is 0 Å². The summed E-state index contributed by atoms with van der Waals surface area (Å²) in [7, 11) is 3.55. The maximum absolute atomic E-state index is 11.8. The van der Waals surface area contributed by atoms with Gasteiger partial charge in [0.05, 0.1) is 7.11 Å². The minimum atomic E-state index is -0.0582. The highest BCUT2D eigenvalue weighted by atomic mass is 16.5. The number of methoxy groups -OCH3 is 1. The molecule has 0 bridgehead atoms. The lowest BCUT2D eigenvalue weighted by atomic mass is 10.1. The molecule has 3 heteroatoms. The number of carbonyl (C=O) groups excluding carboxylic acids is 1. The first-order valence-electron chi connectivity index (χ1n) is 6.35. The topological polar surface area (TPSA) is 31.2 Å². The third-order valence-electron chi connectivity index (χ3n) is 2.97. The van der Waals surface area contributed by atoms with Gasteiger partial charge in [-0.1, -0.05) is 18.2 Å².